The Bertz CT molecular complexity index is 1440. The standard InChI is InChI=1S/C25H15NO/c1-2-8-20-18(6-1)19-7-3-4-9-21(19)23-14-16(12-13-22(20)23)17-10-5-11-24-25(17)27-15-26-24/h1-15H. The first-order valence-corrected chi connectivity index (χ1v) is 9.06. The van der Waals surface area contributed by atoms with Gasteiger partial charge in [-0.25, -0.2) is 4.98 Å². The molecule has 0 atom stereocenters. The lowest BCUT2D eigenvalue weighted by Gasteiger charge is -2.12. The van der Waals surface area contributed by atoms with Gasteiger partial charge in [0, 0.05) is 5.56 Å². The number of nitrogens with zero attached hydrogens (tertiary/aromatic N) is 1. The Morgan fingerprint density at radius 1 is 0.556 bits per heavy atom. The van der Waals surface area contributed by atoms with Crippen LogP contribution in [0.1, 0.15) is 0 Å². The van der Waals surface area contributed by atoms with Crippen molar-refractivity contribution in [2.24, 2.45) is 0 Å². The van der Waals surface area contributed by atoms with Gasteiger partial charge in [0.05, 0.1) is 0 Å². The van der Waals surface area contributed by atoms with E-state index in [2.05, 4.69) is 77.8 Å². The third-order valence-corrected chi connectivity index (χ3v) is 5.41. The summed E-state index contributed by atoms with van der Waals surface area (Å²) in [5, 5.41) is 7.69. The fourth-order valence-electron chi connectivity index (χ4n) is 4.19. The third kappa shape index (κ3) is 2.04. The van der Waals surface area contributed by atoms with Crippen LogP contribution in [0.25, 0.3) is 54.5 Å². The second-order valence-electron chi connectivity index (χ2n) is 6.86. The minimum Gasteiger partial charge on any atom is -0.443 e. The Labute approximate surface area is 155 Å². The summed E-state index contributed by atoms with van der Waals surface area (Å²) < 4.78 is 5.66. The second kappa shape index (κ2) is 5.42. The summed E-state index contributed by atoms with van der Waals surface area (Å²) in [6.45, 7) is 0. The highest BCUT2D eigenvalue weighted by Crippen LogP contribution is 2.38. The zero-order valence-corrected chi connectivity index (χ0v) is 14.5. The normalized spacial score (nSPS) is 11.7. The summed E-state index contributed by atoms with van der Waals surface area (Å²) in [6, 6.07) is 30.1. The lowest BCUT2D eigenvalue weighted by atomic mass is 9.92. The molecule has 0 spiro atoms. The van der Waals surface area contributed by atoms with E-state index in [0.29, 0.717) is 0 Å². The molecule has 0 radical (unpaired) electrons. The molecule has 6 aromatic rings. The molecule has 1 aromatic heterocycles. The molecule has 6 rings (SSSR count). The van der Waals surface area contributed by atoms with Gasteiger partial charge in [-0.1, -0.05) is 72.8 Å². The van der Waals surface area contributed by atoms with Crippen LogP contribution in [0.4, 0.5) is 0 Å². The maximum Gasteiger partial charge on any atom is 0.182 e. The van der Waals surface area contributed by atoms with Crippen molar-refractivity contribution in [3.63, 3.8) is 0 Å². The number of benzene rings is 5. The smallest absolute Gasteiger partial charge is 0.182 e. The first-order valence-electron chi connectivity index (χ1n) is 9.06. The van der Waals surface area contributed by atoms with Gasteiger partial charge in [0.1, 0.15) is 5.52 Å². The Balaban J connectivity index is 1.77. The number of fused-ring (bicyclic) bond motifs is 7. The van der Waals surface area contributed by atoms with Gasteiger partial charge in [-0.15, -0.1) is 0 Å². The molecular weight excluding hydrogens is 330 g/mol. The highest BCUT2D eigenvalue weighted by Gasteiger charge is 2.12. The quantitative estimate of drug-likeness (QED) is 0.301. The summed E-state index contributed by atoms with van der Waals surface area (Å²) >= 11 is 0. The molecule has 5 aromatic carbocycles. The molecule has 0 saturated heterocycles. The number of para-hydroxylation sites is 1. The Hall–Kier alpha value is -3.65. The summed E-state index contributed by atoms with van der Waals surface area (Å²) in [6.07, 6.45) is 1.51. The minimum atomic E-state index is 0.835. The zero-order chi connectivity index (χ0) is 17.8. The molecule has 1 heterocycles. The first-order chi connectivity index (χ1) is 13.4. The first kappa shape index (κ1) is 14.5. The number of oxazole rings is 1. The summed E-state index contributed by atoms with van der Waals surface area (Å²) in [7, 11) is 0. The molecule has 27 heavy (non-hydrogen) atoms. The van der Waals surface area contributed by atoms with Crippen LogP contribution in [0, 0.1) is 0 Å². The molecule has 2 nitrogen and oxygen atoms in total. The summed E-state index contributed by atoms with van der Waals surface area (Å²) in [5.74, 6) is 0. The summed E-state index contributed by atoms with van der Waals surface area (Å²) in [5.41, 5.74) is 3.94. The molecule has 2 heteroatoms. The van der Waals surface area contributed by atoms with Crippen molar-refractivity contribution < 1.29 is 4.42 Å². The molecular formula is C25H15NO. The van der Waals surface area contributed by atoms with E-state index in [-0.39, 0.29) is 0 Å². The lowest BCUT2D eigenvalue weighted by Crippen LogP contribution is -1.85. The molecule has 0 amide bonds. The van der Waals surface area contributed by atoms with E-state index in [9.17, 15) is 0 Å². The SMILES string of the molecule is c1cc(-c2ccc3c4ccccc4c4ccccc4c3c2)c2ocnc2c1. The minimum absolute atomic E-state index is 0.835. The predicted octanol–water partition coefficient (Wildman–Crippen LogP) is 6.95. The van der Waals surface area contributed by atoms with E-state index in [4.69, 9.17) is 4.42 Å². The van der Waals surface area contributed by atoms with Crippen LogP contribution in [0.15, 0.2) is 95.7 Å². The van der Waals surface area contributed by atoms with Crippen molar-refractivity contribution in [3.05, 3.63) is 91.3 Å². The molecule has 0 N–H and O–H groups in total. The van der Waals surface area contributed by atoms with E-state index in [0.717, 1.165) is 22.2 Å². The number of rotatable bonds is 1. The van der Waals surface area contributed by atoms with Crippen molar-refractivity contribution in [2.75, 3.05) is 0 Å². The van der Waals surface area contributed by atoms with Gasteiger partial charge < -0.3 is 4.42 Å². The number of hydrogen-bond donors (Lipinski definition) is 0. The fourth-order valence-corrected chi connectivity index (χ4v) is 4.19. The van der Waals surface area contributed by atoms with Gasteiger partial charge in [-0.3, -0.25) is 0 Å². The molecule has 0 bridgehead atoms. The lowest BCUT2D eigenvalue weighted by molar-refractivity contribution is 0.603. The summed E-state index contributed by atoms with van der Waals surface area (Å²) in [4.78, 5) is 4.29. The average molecular weight is 345 g/mol. The largest absolute Gasteiger partial charge is 0.443 e. The van der Waals surface area contributed by atoms with Crippen LogP contribution in [-0.4, -0.2) is 4.98 Å². The fraction of sp³-hybridized carbons (Fsp3) is 0. The highest BCUT2D eigenvalue weighted by atomic mass is 16.3. The zero-order valence-electron chi connectivity index (χ0n) is 14.5. The number of aromatic nitrogens is 1. The van der Waals surface area contributed by atoms with Crippen LogP contribution >= 0.6 is 0 Å². The second-order valence-corrected chi connectivity index (χ2v) is 6.86. The van der Waals surface area contributed by atoms with Gasteiger partial charge in [0.15, 0.2) is 12.0 Å². The number of hydrogen-bond acceptors (Lipinski definition) is 2. The van der Waals surface area contributed by atoms with Crippen LogP contribution in [0.2, 0.25) is 0 Å². The Kier molecular flexibility index (Phi) is 2.91. The van der Waals surface area contributed by atoms with Crippen LogP contribution in [0.5, 0.6) is 0 Å². The molecule has 0 saturated carbocycles. The van der Waals surface area contributed by atoms with E-state index in [1.54, 1.807) is 0 Å². The monoisotopic (exact) mass is 345 g/mol. The Morgan fingerprint density at radius 3 is 1.89 bits per heavy atom. The van der Waals surface area contributed by atoms with E-state index in [1.807, 2.05) is 12.1 Å². The molecule has 0 aliphatic rings. The van der Waals surface area contributed by atoms with Gasteiger partial charge in [-0.2, -0.15) is 0 Å². The van der Waals surface area contributed by atoms with Crippen molar-refractivity contribution in [1.82, 2.24) is 4.98 Å². The van der Waals surface area contributed by atoms with Crippen molar-refractivity contribution in [2.45, 2.75) is 0 Å². The van der Waals surface area contributed by atoms with Crippen molar-refractivity contribution >= 4 is 43.4 Å². The van der Waals surface area contributed by atoms with Crippen LogP contribution in [0.3, 0.4) is 0 Å². The van der Waals surface area contributed by atoms with Gasteiger partial charge in [0.25, 0.3) is 0 Å². The van der Waals surface area contributed by atoms with Gasteiger partial charge >= 0.3 is 0 Å². The van der Waals surface area contributed by atoms with E-state index < -0.39 is 0 Å². The van der Waals surface area contributed by atoms with Gasteiger partial charge in [-0.05, 0) is 50.0 Å². The predicted molar refractivity (Wildman–Crippen MR) is 112 cm³/mol. The molecule has 0 aliphatic heterocycles. The maximum absolute atomic E-state index is 5.66. The molecule has 0 aliphatic carbocycles. The van der Waals surface area contributed by atoms with Gasteiger partial charge in [0.2, 0.25) is 0 Å². The van der Waals surface area contributed by atoms with Crippen molar-refractivity contribution in [3.8, 4) is 11.1 Å². The Morgan fingerprint density at radius 2 is 1.19 bits per heavy atom. The topological polar surface area (TPSA) is 26.0 Å². The van der Waals surface area contributed by atoms with Crippen LogP contribution in [-0.2, 0) is 0 Å². The maximum atomic E-state index is 5.66. The van der Waals surface area contributed by atoms with Crippen LogP contribution < -0.4 is 0 Å². The average Bonchev–Trinajstić information content (AvgIpc) is 3.23. The van der Waals surface area contributed by atoms with Crippen molar-refractivity contribution in [1.29, 1.82) is 0 Å². The molecule has 126 valence electrons. The third-order valence-electron chi connectivity index (χ3n) is 5.41. The highest BCUT2D eigenvalue weighted by molar-refractivity contribution is 6.25. The molecule has 0 unspecified atom stereocenters. The van der Waals surface area contributed by atoms with E-state index >= 15 is 0 Å². The molecule has 0 fully saturated rings. The van der Waals surface area contributed by atoms with E-state index in [1.165, 1.54) is 38.7 Å².